The molecule has 0 radical (unpaired) electrons. The van der Waals surface area contributed by atoms with E-state index in [1.54, 1.807) is 48.5 Å². The van der Waals surface area contributed by atoms with Gasteiger partial charge < -0.3 is 10.6 Å². The minimum Gasteiger partial charge on any atom is -0.329 e. The van der Waals surface area contributed by atoms with Crippen molar-refractivity contribution in [2.24, 2.45) is 0 Å². The predicted molar refractivity (Wildman–Crippen MR) is 94.2 cm³/mol. The van der Waals surface area contributed by atoms with Gasteiger partial charge in [-0.25, -0.2) is 4.79 Å². The lowest BCUT2D eigenvalue weighted by Gasteiger charge is -2.13. The maximum absolute atomic E-state index is 12.2. The van der Waals surface area contributed by atoms with Crippen molar-refractivity contribution in [2.45, 2.75) is 13.0 Å². The molecular weight excluding hydrogens is 342 g/mol. The summed E-state index contributed by atoms with van der Waals surface area (Å²) in [5.41, 5.74) is 2.23. The Morgan fingerprint density at radius 1 is 1.12 bits per heavy atom. The topological polar surface area (TPSA) is 78.5 Å². The van der Waals surface area contributed by atoms with Crippen LogP contribution in [0.1, 0.15) is 11.1 Å². The molecule has 4 amide bonds. The van der Waals surface area contributed by atoms with Crippen LogP contribution < -0.4 is 10.6 Å². The third-order valence-corrected chi connectivity index (χ3v) is 4.02. The molecule has 0 spiro atoms. The van der Waals surface area contributed by atoms with E-state index >= 15 is 0 Å². The average molecular weight is 358 g/mol. The molecule has 0 unspecified atom stereocenters. The molecule has 2 N–H and O–H groups in total. The minimum atomic E-state index is -0.401. The molecule has 1 aliphatic rings. The van der Waals surface area contributed by atoms with Gasteiger partial charge in [-0.3, -0.25) is 14.5 Å². The number of urea groups is 1. The van der Waals surface area contributed by atoms with Gasteiger partial charge in [0.1, 0.15) is 0 Å². The zero-order chi connectivity index (χ0) is 17.8. The van der Waals surface area contributed by atoms with Crippen molar-refractivity contribution < 1.29 is 14.4 Å². The second kappa shape index (κ2) is 7.36. The first kappa shape index (κ1) is 17.0. The molecule has 25 heavy (non-hydrogen) atoms. The van der Waals surface area contributed by atoms with Crippen molar-refractivity contribution in [3.05, 3.63) is 64.7 Å². The Morgan fingerprint density at radius 3 is 2.56 bits per heavy atom. The lowest BCUT2D eigenvalue weighted by Crippen LogP contribution is -2.30. The van der Waals surface area contributed by atoms with Crippen molar-refractivity contribution in [3.8, 4) is 0 Å². The molecule has 128 valence electrons. The molecule has 1 saturated heterocycles. The standard InChI is InChI=1S/C18H16ClN3O3/c19-14-6-4-12(5-7-14)9-16(23)21-15-3-1-2-13(8-15)11-22-17(24)10-20-18(22)25/h1-8H,9-11H2,(H,20,25)(H,21,23). The van der Waals surface area contributed by atoms with Crippen LogP contribution in [0.2, 0.25) is 5.02 Å². The molecule has 2 aromatic rings. The van der Waals surface area contributed by atoms with E-state index in [9.17, 15) is 14.4 Å². The fraction of sp³-hybridized carbons (Fsp3) is 0.167. The van der Waals surface area contributed by atoms with E-state index in [1.165, 1.54) is 0 Å². The third kappa shape index (κ3) is 4.36. The Labute approximate surface area is 149 Å². The van der Waals surface area contributed by atoms with E-state index in [-0.39, 0.29) is 31.3 Å². The normalized spacial score (nSPS) is 13.7. The van der Waals surface area contributed by atoms with E-state index in [2.05, 4.69) is 10.6 Å². The number of carbonyl (C=O) groups excluding carboxylic acids is 3. The first-order valence-corrected chi connectivity index (χ1v) is 8.10. The fourth-order valence-corrected chi connectivity index (χ4v) is 2.66. The second-order valence-corrected chi connectivity index (χ2v) is 6.13. The highest BCUT2D eigenvalue weighted by Crippen LogP contribution is 2.15. The number of nitrogens with zero attached hydrogens (tertiary/aromatic N) is 1. The quantitative estimate of drug-likeness (QED) is 0.807. The van der Waals surface area contributed by atoms with Crippen LogP contribution in [0.4, 0.5) is 10.5 Å². The SMILES string of the molecule is O=C(Cc1ccc(Cl)cc1)Nc1cccc(CN2C(=O)CNC2=O)c1. The van der Waals surface area contributed by atoms with Gasteiger partial charge >= 0.3 is 6.03 Å². The molecule has 2 aromatic carbocycles. The molecule has 0 aromatic heterocycles. The molecule has 1 aliphatic heterocycles. The van der Waals surface area contributed by atoms with Crippen molar-refractivity contribution in [2.75, 3.05) is 11.9 Å². The zero-order valence-corrected chi connectivity index (χ0v) is 14.0. The van der Waals surface area contributed by atoms with E-state index in [0.717, 1.165) is 16.0 Å². The van der Waals surface area contributed by atoms with Gasteiger partial charge in [0.05, 0.1) is 19.5 Å². The summed E-state index contributed by atoms with van der Waals surface area (Å²) in [7, 11) is 0. The van der Waals surface area contributed by atoms with E-state index < -0.39 is 6.03 Å². The Bertz CT molecular complexity index is 805. The van der Waals surface area contributed by atoms with Gasteiger partial charge in [-0.2, -0.15) is 0 Å². The molecule has 7 heteroatoms. The lowest BCUT2D eigenvalue weighted by atomic mass is 10.1. The Kier molecular flexibility index (Phi) is 5.00. The number of anilines is 1. The fourth-order valence-electron chi connectivity index (χ4n) is 2.54. The summed E-state index contributed by atoms with van der Waals surface area (Å²) in [6, 6.07) is 13.8. The highest BCUT2D eigenvalue weighted by atomic mass is 35.5. The van der Waals surface area contributed by atoms with Gasteiger partial charge in [0.25, 0.3) is 0 Å². The highest BCUT2D eigenvalue weighted by molar-refractivity contribution is 6.30. The van der Waals surface area contributed by atoms with Gasteiger partial charge in [-0.1, -0.05) is 35.9 Å². The second-order valence-electron chi connectivity index (χ2n) is 5.69. The van der Waals surface area contributed by atoms with Crippen molar-refractivity contribution in [3.63, 3.8) is 0 Å². The van der Waals surface area contributed by atoms with Crippen LogP contribution in [-0.4, -0.2) is 29.3 Å². The van der Waals surface area contributed by atoms with Gasteiger partial charge in [-0.05, 0) is 35.4 Å². The maximum Gasteiger partial charge on any atom is 0.324 e. The summed E-state index contributed by atoms with van der Waals surface area (Å²) in [5.74, 6) is -0.420. The number of rotatable bonds is 5. The van der Waals surface area contributed by atoms with Crippen LogP contribution in [0, 0.1) is 0 Å². The Balaban J connectivity index is 1.63. The third-order valence-electron chi connectivity index (χ3n) is 3.77. The Hall–Kier alpha value is -2.86. The number of benzene rings is 2. The summed E-state index contributed by atoms with van der Waals surface area (Å²) in [5, 5.41) is 5.92. The van der Waals surface area contributed by atoms with Crippen LogP contribution in [-0.2, 0) is 22.6 Å². The van der Waals surface area contributed by atoms with Gasteiger partial charge in [0.2, 0.25) is 11.8 Å². The lowest BCUT2D eigenvalue weighted by molar-refractivity contribution is -0.125. The summed E-state index contributed by atoms with van der Waals surface area (Å²) >= 11 is 5.83. The van der Waals surface area contributed by atoms with Crippen LogP contribution in [0.25, 0.3) is 0 Å². The minimum absolute atomic E-state index is 0.0242. The summed E-state index contributed by atoms with van der Waals surface area (Å²) in [6.45, 7) is 0.196. The number of imide groups is 1. The van der Waals surface area contributed by atoms with E-state index in [0.29, 0.717) is 10.7 Å². The molecule has 0 atom stereocenters. The highest BCUT2D eigenvalue weighted by Gasteiger charge is 2.28. The Morgan fingerprint density at radius 2 is 1.88 bits per heavy atom. The molecular formula is C18H16ClN3O3. The summed E-state index contributed by atoms with van der Waals surface area (Å²) < 4.78 is 0. The molecule has 3 rings (SSSR count). The summed E-state index contributed by atoms with van der Waals surface area (Å²) in [6.07, 6.45) is 0.231. The van der Waals surface area contributed by atoms with Crippen LogP contribution in [0.15, 0.2) is 48.5 Å². The first-order chi connectivity index (χ1) is 12.0. The van der Waals surface area contributed by atoms with E-state index in [1.807, 2.05) is 0 Å². The van der Waals surface area contributed by atoms with Crippen LogP contribution in [0.5, 0.6) is 0 Å². The monoisotopic (exact) mass is 357 g/mol. The van der Waals surface area contributed by atoms with Gasteiger partial charge in [-0.15, -0.1) is 0 Å². The van der Waals surface area contributed by atoms with Gasteiger partial charge in [0.15, 0.2) is 0 Å². The van der Waals surface area contributed by atoms with Crippen molar-refractivity contribution in [1.29, 1.82) is 0 Å². The molecule has 6 nitrogen and oxygen atoms in total. The molecule has 0 saturated carbocycles. The van der Waals surface area contributed by atoms with Gasteiger partial charge in [0, 0.05) is 10.7 Å². The molecule has 0 aliphatic carbocycles. The van der Waals surface area contributed by atoms with Crippen LogP contribution in [0.3, 0.4) is 0 Å². The molecule has 0 bridgehead atoms. The predicted octanol–water partition coefficient (Wildman–Crippen LogP) is 2.57. The first-order valence-electron chi connectivity index (χ1n) is 7.73. The average Bonchev–Trinajstić information content (AvgIpc) is 2.89. The molecule has 1 heterocycles. The number of hydrogen-bond acceptors (Lipinski definition) is 3. The number of carbonyl (C=O) groups is 3. The van der Waals surface area contributed by atoms with Crippen molar-refractivity contribution in [1.82, 2.24) is 10.2 Å². The van der Waals surface area contributed by atoms with Crippen molar-refractivity contribution >= 4 is 35.1 Å². The summed E-state index contributed by atoms with van der Waals surface area (Å²) in [4.78, 5) is 36.5. The zero-order valence-electron chi connectivity index (χ0n) is 13.3. The maximum atomic E-state index is 12.2. The largest absolute Gasteiger partial charge is 0.329 e. The smallest absolute Gasteiger partial charge is 0.324 e. The number of halogens is 1. The number of nitrogens with one attached hydrogen (secondary N) is 2. The molecule has 1 fully saturated rings. The van der Waals surface area contributed by atoms with Crippen LogP contribution >= 0.6 is 11.6 Å². The number of hydrogen-bond donors (Lipinski definition) is 2. The number of amides is 4. The van der Waals surface area contributed by atoms with E-state index in [4.69, 9.17) is 11.6 Å².